The van der Waals surface area contributed by atoms with E-state index in [9.17, 15) is 8.42 Å². The first-order valence-electron chi connectivity index (χ1n) is 10.5. The first-order valence-corrected chi connectivity index (χ1v) is 12.8. The maximum absolute atomic E-state index is 13.3. The van der Waals surface area contributed by atoms with E-state index in [1.165, 1.54) is 21.2 Å². The van der Waals surface area contributed by atoms with Gasteiger partial charge >= 0.3 is 0 Å². The molecule has 1 aromatic heterocycles. The van der Waals surface area contributed by atoms with Crippen LogP contribution in [0.2, 0.25) is 0 Å². The second-order valence-corrected chi connectivity index (χ2v) is 11.0. The van der Waals surface area contributed by atoms with Gasteiger partial charge in [0.1, 0.15) is 23.1 Å². The van der Waals surface area contributed by atoms with Crippen LogP contribution in [0.4, 0.5) is 0 Å². The number of rotatable bonds is 10. The lowest BCUT2D eigenvalue weighted by Gasteiger charge is -2.23. The quantitative estimate of drug-likeness (QED) is 0.404. The van der Waals surface area contributed by atoms with Crippen molar-refractivity contribution in [3.63, 3.8) is 0 Å². The largest absolute Gasteiger partial charge is 0.497 e. The molecule has 0 aliphatic rings. The van der Waals surface area contributed by atoms with Gasteiger partial charge in [-0.15, -0.1) is 11.3 Å². The van der Waals surface area contributed by atoms with E-state index in [4.69, 9.17) is 9.47 Å². The minimum absolute atomic E-state index is 0.175. The molecule has 32 heavy (non-hydrogen) atoms. The van der Waals surface area contributed by atoms with E-state index in [0.717, 1.165) is 16.3 Å². The van der Waals surface area contributed by atoms with Gasteiger partial charge in [0.15, 0.2) is 0 Å². The Hall–Kier alpha value is -2.42. The smallest absolute Gasteiger partial charge is 0.243 e. The molecule has 0 aliphatic carbocycles. The summed E-state index contributed by atoms with van der Waals surface area (Å²) in [6, 6.07) is 12.4. The number of thiazole rings is 1. The zero-order chi connectivity index (χ0) is 23.3. The molecule has 0 spiro atoms. The molecule has 0 amide bonds. The lowest BCUT2D eigenvalue weighted by Crippen LogP contribution is -2.34. The van der Waals surface area contributed by atoms with Crippen LogP contribution in [0.1, 0.15) is 35.7 Å². The van der Waals surface area contributed by atoms with Crippen LogP contribution < -0.4 is 9.47 Å². The molecular formula is C24H30N2O4S2. The zero-order valence-corrected chi connectivity index (χ0v) is 20.8. The molecule has 6 nitrogen and oxygen atoms in total. The first-order chi connectivity index (χ1) is 15.2. The van der Waals surface area contributed by atoms with Crippen LogP contribution in [0.5, 0.6) is 11.5 Å². The van der Waals surface area contributed by atoms with Crippen molar-refractivity contribution in [3.05, 3.63) is 69.7 Å². The van der Waals surface area contributed by atoms with E-state index in [1.54, 1.807) is 31.4 Å². The monoisotopic (exact) mass is 474 g/mol. The second kappa shape index (κ2) is 10.5. The third-order valence-corrected chi connectivity index (χ3v) is 7.81. The molecule has 0 unspecified atom stereocenters. The Kier molecular flexibility index (Phi) is 7.92. The van der Waals surface area contributed by atoms with Gasteiger partial charge in [-0.2, -0.15) is 4.31 Å². The van der Waals surface area contributed by atoms with Crippen molar-refractivity contribution in [1.29, 1.82) is 0 Å². The van der Waals surface area contributed by atoms with Crippen LogP contribution in [0.3, 0.4) is 0 Å². The summed E-state index contributed by atoms with van der Waals surface area (Å²) in [7, 11) is -2.11. The maximum atomic E-state index is 13.3. The molecule has 0 fully saturated rings. The molecule has 0 radical (unpaired) electrons. The molecule has 172 valence electrons. The lowest BCUT2D eigenvalue weighted by atomic mass is 10.1. The molecule has 0 aliphatic heterocycles. The highest BCUT2D eigenvalue weighted by Gasteiger charge is 2.26. The molecule has 3 rings (SSSR count). The van der Waals surface area contributed by atoms with Crippen molar-refractivity contribution >= 4 is 21.4 Å². The van der Waals surface area contributed by atoms with Crippen LogP contribution in [-0.4, -0.2) is 31.4 Å². The van der Waals surface area contributed by atoms with Gasteiger partial charge in [-0.3, -0.25) is 0 Å². The van der Waals surface area contributed by atoms with E-state index in [0.29, 0.717) is 24.6 Å². The Labute approximate surface area is 194 Å². The van der Waals surface area contributed by atoms with Crippen LogP contribution in [-0.2, 0) is 23.2 Å². The van der Waals surface area contributed by atoms with E-state index >= 15 is 0 Å². The number of aryl methyl sites for hydroxylation is 1. The number of sulfonamides is 1. The molecular weight excluding hydrogens is 444 g/mol. The van der Waals surface area contributed by atoms with Gasteiger partial charge in [0, 0.05) is 11.9 Å². The SMILES string of the molecule is COc1ccc(S(=O)(=O)N(Cc2csc(COc3cccc(C)c3C)n2)CC(C)C)cc1. The number of methoxy groups -OCH3 is 1. The van der Waals surface area contributed by atoms with Gasteiger partial charge < -0.3 is 9.47 Å². The predicted octanol–water partition coefficient (Wildman–Crippen LogP) is 5.19. The van der Waals surface area contributed by atoms with Crippen LogP contribution in [0, 0.1) is 19.8 Å². The fourth-order valence-corrected chi connectivity index (χ4v) is 5.51. The summed E-state index contributed by atoms with van der Waals surface area (Å²) in [6.45, 7) is 9.06. The van der Waals surface area contributed by atoms with E-state index < -0.39 is 10.0 Å². The zero-order valence-electron chi connectivity index (χ0n) is 19.2. The highest BCUT2D eigenvalue weighted by Crippen LogP contribution is 2.25. The summed E-state index contributed by atoms with van der Waals surface area (Å²) in [4.78, 5) is 4.87. The molecule has 0 N–H and O–H groups in total. The van der Waals surface area contributed by atoms with Crippen molar-refractivity contribution in [2.24, 2.45) is 5.92 Å². The number of nitrogens with zero attached hydrogens (tertiary/aromatic N) is 2. The fourth-order valence-electron chi connectivity index (χ4n) is 3.24. The van der Waals surface area contributed by atoms with Gasteiger partial charge in [0.05, 0.1) is 24.2 Å². The minimum atomic E-state index is -3.66. The average molecular weight is 475 g/mol. The highest BCUT2D eigenvalue weighted by molar-refractivity contribution is 7.89. The minimum Gasteiger partial charge on any atom is -0.497 e. The normalized spacial score (nSPS) is 11.8. The van der Waals surface area contributed by atoms with Crippen molar-refractivity contribution in [2.75, 3.05) is 13.7 Å². The molecule has 0 bridgehead atoms. The Morgan fingerprint density at radius 3 is 2.47 bits per heavy atom. The highest BCUT2D eigenvalue weighted by atomic mass is 32.2. The maximum Gasteiger partial charge on any atom is 0.243 e. The molecule has 0 saturated carbocycles. The van der Waals surface area contributed by atoms with Crippen molar-refractivity contribution < 1.29 is 17.9 Å². The summed E-state index contributed by atoms with van der Waals surface area (Å²) < 4.78 is 39.2. The number of benzene rings is 2. The Balaban J connectivity index is 1.74. The van der Waals surface area contributed by atoms with Crippen LogP contribution in [0.15, 0.2) is 52.7 Å². The molecule has 3 aromatic rings. The Morgan fingerprint density at radius 2 is 1.81 bits per heavy atom. The van der Waals surface area contributed by atoms with E-state index in [2.05, 4.69) is 18.0 Å². The Bertz CT molecular complexity index is 1140. The molecule has 1 heterocycles. The van der Waals surface area contributed by atoms with Crippen molar-refractivity contribution in [2.45, 2.75) is 45.7 Å². The molecule has 0 saturated heterocycles. The standard InChI is InChI=1S/C24H30N2O4S2/c1-17(2)13-26(32(27,28)22-11-9-21(29-5)10-12-22)14-20-16-31-24(25-20)15-30-23-8-6-7-18(3)19(23)4/h6-12,16-17H,13-15H2,1-5H3. The van der Waals surface area contributed by atoms with Gasteiger partial charge in [-0.1, -0.05) is 26.0 Å². The predicted molar refractivity (Wildman–Crippen MR) is 128 cm³/mol. The number of aromatic nitrogens is 1. The second-order valence-electron chi connectivity index (χ2n) is 8.09. The number of ether oxygens (including phenoxy) is 2. The third kappa shape index (κ3) is 5.88. The lowest BCUT2D eigenvalue weighted by molar-refractivity contribution is 0.302. The topological polar surface area (TPSA) is 68.7 Å². The van der Waals surface area contributed by atoms with Gasteiger partial charge in [-0.05, 0) is 61.2 Å². The van der Waals surface area contributed by atoms with Crippen molar-refractivity contribution in [3.8, 4) is 11.5 Å². The number of hydrogen-bond donors (Lipinski definition) is 0. The molecule has 2 aromatic carbocycles. The van der Waals surface area contributed by atoms with Crippen LogP contribution >= 0.6 is 11.3 Å². The van der Waals surface area contributed by atoms with E-state index in [1.807, 2.05) is 38.3 Å². The first kappa shape index (κ1) is 24.2. The molecule has 8 heteroatoms. The van der Waals surface area contributed by atoms with Gasteiger partial charge in [0.2, 0.25) is 10.0 Å². The summed E-state index contributed by atoms with van der Waals surface area (Å²) in [5, 5.41) is 2.71. The van der Waals surface area contributed by atoms with Gasteiger partial charge in [0.25, 0.3) is 0 Å². The van der Waals surface area contributed by atoms with Crippen molar-refractivity contribution in [1.82, 2.24) is 9.29 Å². The number of hydrogen-bond acceptors (Lipinski definition) is 6. The average Bonchev–Trinajstić information content (AvgIpc) is 3.21. The summed E-state index contributed by atoms with van der Waals surface area (Å²) in [5.41, 5.74) is 3.00. The van der Waals surface area contributed by atoms with E-state index in [-0.39, 0.29) is 17.4 Å². The summed E-state index contributed by atoms with van der Waals surface area (Å²) in [6.07, 6.45) is 0. The summed E-state index contributed by atoms with van der Waals surface area (Å²) >= 11 is 1.48. The molecule has 0 atom stereocenters. The van der Waals surface area contributed by atoms with Crippen LogP contribution in [0.25, 0.3) is 0 Å². The summed E-state index contributed by atoms with van der Waals surface area (Å²) in [5.74, 6) is 1.63. The van der Waals surface area contributed by atoms with Gasteiger partial charge in [-0.25, -0.2) is 13.4 Å². The third-order valence-electron chi connectivity index (χ3n) is 5.11. The fraction of sp³-hybridized carbons (Fsp3) is 0.375. The Morgan fingerprint density at radius 1 is 1.09 bits per heavy atom.